The van der Waals surface area contributed by atoms with Crippen LogP contribution >= 0.6 is 0 Å². The fourth-order valence-corrected chi connectivity index (χ4v) is 1.86. The molecule has 1 saturated heterocycles. The molecule has 70 valence electrons. The van der Waals surface area contributed by atoms with Crippen molar-refractivity contribution in [3.63, 3.8) is 0 Å². The van der Waals surface area contributed by atoms with Gasteiger partial charge in [0.25, 0.3) is 0 Å². The van der Waals surface area contributed by atoms with Gasteiger partial charge in [0.1, 0.15) is 0 Å². The van der Waals surface area contributed by atoms with E-state index in [1.165, 1.54) is 6.42 Å². The van der Waals surface area contributed by atoms with Crippen LogP contribution in [-0.2, 0) is 0 Å². The maximum absolute atomic E-state index is 10.3. The number of nitrogens with zero attached hydrogens (tertiary/aromatic N) is 1. The Balaban J connectivity index is 2.40. The van der Waals surface area contributed by atoms with E-state index in [9.17, 15) is 4.79 Å². The number of carbonyl (C=O) groups is 1. The molecular weight excluding hydrogens is 156 g/mol. The Bertz CT molecular complexity index is 172. The number of carboxylic acid groups (broad SMARTS) is 1. The van der Waals surface area contributed by atoms with Gasteiger partial charge in [-0.25, -0.2) is 4.79 Å². The van der Waals surface area contributed by atoms with Gasteiger partial charge in [-0.3, -0.25) is 0 Å². The van der Waals surface area contributed by atoms with Gasteiger partial charge in [0, 0.05) is 12.1 Å². The summed E-state index contributed by atoms with van der Waals surface area (Å²) in [6.07, 6.45) is 1.34. The van der Waals surface area contributed by atoms with Crippen molar-refractivity contribution < 1.29 is 9.90 Å². The number of rotatable bonds is 2. The van der Waals surface area contributed by atoms with Crippen molar-refractivity contribution in [3.05, 3.63) is 0 Å². The third-order valence-corrected chi connectivity index (χ3v) is 2.51. The molecule has 12 heavy (non-hydrogen) atoms. The number of likely N-dealkylation sites (N-methyl/N-ethyl adjacent to an activating group) is 1. The Kier molecular flexibility index (Phi) is 2.92. The van der Waals surface area contributed by atoms with E-state index >= 15 is 0 Å². The summed E-state index contributed by atoms with van der Waals surface area (Å²) < 4.78 is 0. The summed E-state index contributed by atoms with van der Waals surface area (Å²) in [7, 11) is 2.04. The van der Waals surface area contributed by atoms with E-state index in [0.29, 0.717) is 6.04 Å². The first kappa shape index (κ1) is 9.32. The zero-order valence-electron chi connectivity index (χ0n) is 7.58. The van der Waals surface area contributed by atoms with Crippen LogP contribution < -0.4 is 5.32 Å². The van der Waals surface area contributed by atoms with Gasteiger partial charge in [0.2, 0.25) is 0 Å². The third-order valence-electron chi connectivity index (χ3n) is 2.51. The maximum atomic E-state index is 10.3. The molecule has 1 aliphatic heterocycles. The largest absolute Gasteiger partial charge is 0.465 e. The summed E-state index contributed by atoms with van der Waals surface area (Å²) in [4.78, 5) is 12.6. The molecular formula is C8H16N2O2. The van der Waals surface area contributed by atoms with E-state index in [1.54, 1.807) is 0 Å². The number of nitrogens with one attached hydrogen (secondary N) is 1. The minimum absolute atomic E-state index is 0.0370. The normalized spacial score (nSPS) is 27.0. The predicted molar refractivity (Wildman–Crippen MR) is 46.3 cm³/mol. The van der Waals surface area contributed by atoms with Gasteiger partial charge in [-0.2, -0.15) is 0 Å². The van der Waals surface area contributed by atoms with Crippen LogP contribution in [-0.4, -0.2) is 41.8 Å². The number of likely N-dealkylation sites (tertiary alicyclic amines) is 1. The van der Waals surface area contributed by atoms with Crippen molar-refractivity contribution in [2.45, 2.75) is 31.8 Å². The standard InChI is InChI=1S/C8H16N2O2/c1-6(9-8(11)12)7-4-3-5-10(7)2/h6-7,9H,3-5H2,1-2H3,(H,11,12). The number of hydrogen-bond donors (Lipinski definition) is 2. The Labute approximate surface area is 72.6 Å². The van der Waals surface area contributed by atoms with Crippen LogP contribution in [0.25, 0.3) is 0 Å². The van der Waals surface area contributed by atoms with Crippen molar-refractivity contribution in [2.75, 3.05) is 13.6 Å². The highest BCUT2D eigenvalue weighted by molar-refractivity contribution is 5.64. The predicted octanol–water partition coefficient (Wildman–Crippen LogP) is 0.737. The molecule has 2 unspecified atom stereocenters. The summed E-state index contributed by atoms with van der Waals surface area (Å²) in [5.41, 5.74) is 0. The first-order valence-corrected chi connectivity index (χ1v) is 4.31. The van der Waals surface area contributed by atoms with Crippen molar-refractivity contribution in [1.82, 2.24) is 10.2 Å². The van der Waals surface area contributed by atoms with E-state index in [2.05, 4.69) is 10.2 Å². The van der Waals surface area contributed by atoms with Crippen molar-refractivity contribution in [2.24, 2.45) is 0 Å². The van der Waals surface area contributed by atoms with Gasteiger partial charge in [-0.1, -0.05) is 0 Å². The molecule has 2 atom stereocenters. The Hall–Kier alpha value is -0.770. The maximum Gasteiger partial charge on any atom is 0.404 e. The SMILES string of the molecule is CC(NC(=O)O)C1CCCN1C. The zero-order chi connectivity index (χ0) is 9.14. The van der Waals surface area contributed by atoms with Crippen molar-refractivity contribution in [1.29, 1.82) is 0 Å². The van der Waals surface area contributed by atoms with Crippen LogP contribution in [0.4, 0.5) is 4.79 Å². The molecule has 1 aliphatic rings. The summed E-state index contributed by atoms with van der Waals surface area (Å²) in [5, 5.41) is 11.0. The van der Waals surface area contributed by atoms with Crippen LogP contribution in [0.5, 0.6) is 0 Å². The number of amides is 1. The van der Waals surface area contributed by atoms with E-state index in [1.807, 2.05) is 14.0 Å². The van der Waals surface area contributed by atoms with Crippen molar-refractivity contribution in [3.8, 4) is 0 Å². The van der Waals surface area contributed by atoms with Crippen LogP contribution in [0.2, 0.25) is 0 Å². The second-order valence-corrected chi connectivity index (χ2v) is 3.43. The second-order valence-electron chi connectivity index (χ2n) is 3.43. The number of hydrogen-bond acceptors (Lipinski definition) is 2. The van der Waals surface area contributed by atoms with Gasteiger partial charge in [-0.05, 0) is 33.4 Å². The molecule has 0 saturated carbocycles. The highest BCUT2D eigenvalue weighted by atomic mass is 16.4. The lowest BCUT2D eigenvalue weighted by atomic mass is 10.1. The average Bonchev–Trinajstić information content (AvgIpc) is 2.33. The van der Waals surface area contributed by atoms with E-state index in [4.69, 9.17) is 5.11 Å². The lowest BCUT2D eigenvalue weighted by Crippen LogP contribution is -2.45. The molecule has 0 aromatic heterocycles. The van der Waals surface area contributed by atoms with E-state index in [-0.39, 0.29) is 6.04 Å². The van der Waals surface area contributed by atoms with E-state index in [0.717, 1.165) is 13.0 Å². The molecule has 0 aromatic carbocycles. The Morgan fingerprint density at radius 3 is 2.83 bits per heavy atom. The zero-order valence-corrected chi connectivity index (χ0v) is 7.58. The molecule has 1 amide bonds. The minimum atomic E-state index is -0.928. The summed E-state index contributed by atoms with van der Waals surface area (Å²) in [6, 6.07) is 0.413. The topological polar surface area (TPSA) is 52.6 Å². The summed E-state index contributed by atoms with van der Waals surface area (Å²) >= 11 is 0. The van der Waals surface area contributed by atoms with Gasteiger partial charge in [-0.15, -0.1) is 0 Å². The van der Waals surface area contributed by atoms with Crippen LogP contribution in [0.15, 0.2) is 0 Å². The fraction of sp³-hybridized carbons (Fsp3) is 0.875. The molecule has 0 bridgehead atoms. The smallest absolute Gasteiger partial charge is 0.404 e. The first-order valence-electron chi connectivity index (χ1n) is 4.31. The van der Waals surface area contributed by atoms with Gasteiger partial charge in [0.05, 0.1) is 0 Å². The molecule has 0 radical (unpaired) electrons. The Morgan fingerprint density at radius 1 is 1.75 bits per heavy atom. The average molecular weight is 172 g/mol. The first-order chi connectivity index (χ1) is 5.61. The molecule has 0 aliphatic carbocycles. The molecule has 2 N–H and O–H groups in total. The monoisotopic (exact) mass is 172 g/mol. The molecule has 1 fully saturated rings. The fourth-order valence-electron chi connectivity index (χ4n) is 1.86. The molecule has 1 rings (SSSR count). The van der Waals surface area contributed by atoms with Crippen LogP contribution in [0.1, 0.15) is 19.8 Å². The van der Waals surface area contributed by atoms with Crippen LogP contribution in [0.3, 0.4) is 0 Å². The molecule has 4 heteroatoms. The quantitative estimate of drug-likeness (QED) is 0.646. The van der Waals surface area contributed by atoms with E-state index < -0.39 is 6.09 Å². The highest BCUT2D eigenvalue weighted by Gasteiger charge is 2.26. The molecule has 1 heterocycles. The lowest BCUT2D eigenvalue weighted by molar-refractivity contribution is 0.179. The van der Waals surface area contributed by atoms with Crippen molar-refractivity contribution >= 4 is 6.09 Å². The summed E-state index contributed by atoms with van der Waals surface area (Å²) in [5.74, 6) is 0. The third kappa shape index (κ3) is 2.11. The lowest BCUT2D eigenvalue weighted by Gasteiger charge is -2.25. The highest BCUT2D eigenvalue weighted by Crippen LogP contribution is 2.17. The van der Waals surface area contributed by atoms with Gasteiger partial charge >= 0.3 is 6.09 Å². The van der Waals surface area contributed by atoms with Crippen LogP contribution in [0, 0.1) is 0 Å². The second kappa shape index (κ2) is 3.76. The molecule has 0 spiro atoms. The van der Waals surface area contributed by atoms with Gasteiger partial charge in [0.15, 0.2) is 0 Å². The molecule has 0 aromatic rings. The molecule has 4 nitrogen and oxygen atoms in total. The Morgan fingerprint density at radius 2 is 2.42 bits per heavy atom. The van der Waals surface area contributed by atoms with Gasteiger partial charge < -0.3 is 15.3 Å². The minimum Gasteiger partial charge on any atom is -0.465 e. The summed E-state index contributed by atoms with van der Waals surface area (Å²) in [6.45, 7) is 3.00.